The summed E-state index contributed by atoms with van der Waals surface area (Å²) in [5.74, 6) is 1.40. The molecule has 0 bridgehead atoms. The average Bonchev–Trinajstić information content (AvgIpc) is 3.36. The first-order chi connectivity index (χ1) is 20.8. The lowest BCUT2D eigenvalue weighted by molar-refractivity contribution is -0.145. The maximum Gasteiger partial charge on any atom is 0.329 e. The zero-order valence-electron chi connectivity index (χ0n) is 25.0. The van der Waals surface area contributed by atoms with Crippen molar-refractivity contribution in [1.29, 1.82) is 0 Å². The lowest BCUT2D eigenvalue weighted by Gasteiger charge is -2.34. The van der Waals surface area contributed by atoms with Crippen LogP contribution in [0.5, 0.6) is 0 Å². The quantitative estimate of drug-likeness (QED) is 0.219. The minimum Gasteiger partial charge on any atom is -0.480 e. The molecule has 43 heavy (non-hydrogen) atoms. The number of aliphatic carboxylic acids is 1. The molecular formula is C33H40N2O7Si. The second kappa shape index (κ2) is 14.6. The normalized spacial score (nSPS) is 20.7. The molecule has 2 aromatic carbocycles. The zero-order valence-corrected chi connectivity index (χ0v) is 26.0. The van der Waals surface area contributed by atoms with Crippen LogP contribution in [0.1, 0.15) is 37.9 Å². The van der Waals surface area contributed by atoms with Crippen LogP contribution in [0.2, 0.25) is 18.1 Å². The van der Waals surface area contributed by atoms with E-state index in [9.17, 15) is 19.5 Å². The Morgan fingerprint density at radius 2 is 1.63 bits per heavy atom. The van der Waals surface area contributed by atoms with Gasteiger partial charge in [0.2, 0.25) is 0 Å². The third kappa shape index (κ3) is 7.61. The summed E-state index contributed by atoms with van der Waals surface area (Å²) in [6.07, 6.45) is 0.336. The number of carboxylic acid groups (broad SMARTS) is 1. The van der Waals surface area contributed by atoms with E-state index in [4.69, 9.17) is 14.2 Å². The molecule has 3 aromatic rings. The summed E-state index contributed by atoms with van der Waals surface area (Å²) in [6.45, 7) is 6.98. The van der Waals surface area contributed by atoms with Crippen LogP contribution in [0, 0.1) is 17.4 Å². The highest BCUT2D eigenvalue weighted by molar-refractivity contribution is 6.87. The van der Waals surface area contributed by atoms with Crippen molar-refractivity contribution in [2.24, 2.45) is 5.92 Å². The molecule has 0 radical (unpaired) electrons. The predicted octanol–water partition coefficient (Wildman–Crippen LogP) is 4.40. The third-order valence-corrected chi connectivity index (χ3v) is 13.2. The number of carboxylic acids is 1. The summed E-state index contributed by atoms with van der Waals surface area (Å²) < 4.78 is 20.3. The molecule has 228 valence electrons. The van der Waals surface area contributed by atoms with Crippen LogP contribution in [0.3, 0.4) is 0 Å². The van der Waals surface area contributed by atoms with Crippen molar-refractivity contribution in [2.45, 2.75) is 69.9 Å². The average molecular weight is 605 g/mol. The van der Waals surface area contributed by atoms with Crippen LogP contribution < -0.4 is 11.2 Å². The van der Waals surface area contributed by atoms with Crippen LogP contribution in [0.25, 0.3) is 0 Å². The fourth-order valence-corrected chi connectivity index (χ4v) is 8.11. The molecule has 0 saturated carbocycles. The van der Waals surface area contributed by atoms with Gasteiger partial charge in [-0.15, -0.1) is 5.54 Å². The van der Waals surface area contributed by atoms with Gasteiger partial charge in [0.1, 0.15) is 20.2 Å². The van der Waals surface area contributed by atoms with Gasteiger partial charge in [-0.2, -0.15) is 0 Å². The fraction of sp³-hybridized carbons (Fsp3) is 0.424. The molecule has 1 saturated heterocycles. The molecule has 4 rings (SSSR count). The molecule has 9 nitrogen and oxygen atoms in total. The number of carbonyl (C=O) groups is 1. The van der Waals surface area contributed by atoms with E-state index in [2.05, 4.69) is 37.2 Å². The van der Waals surface area contributed by atoms with Gasteiger partial charge in [-0.1, -0.05) is 87.4 Å². The molecule has 0 unspecified atom stereocenters. The van der Waals surface area contributed by atoms with Gasteiger partial charge in [0.15, 0.2) is 5.60 Å². The van der Waals surface area contributed by atoms with E-state index in [-0.39, 0.29) is 19.8 Å². The Morgan fingerprint density at radius 3 is 2.19 bits per heavy atom. The van der Waals surface area contributed by atoms with Gasteiger partial charge in [-0.3, -0.25) is 14.3 Å². The van der Waals surface area contributed by atoms with E-state index in [1.807, 2.05) is 60.7 Å². The lowest BCUT2D eigenvalue weighted by Crippen LogP contribution is -2.50. The predicted molar refractivity (Wildman–Crippen MR) is 166 cm³/mol. The number of H-pyrrole nitrogens is 1. The van der Waals surface area contributed by atoms with Gasteiger partial charge in [0, 0.05) is 18.2 Å². The van der Waals surface area contributed by atoms with Crippen LogP contribution in [0.15, 0.2) is 82.5 Å². The molecule has 1 aromatic heterocycles. The topological polar surface area (TPSA) is 120 Å². The number of aromatic amines is 1. The monoisotopic (exact) mass is 604 g/mol. The Hall–Kier alpha value is -3.75. The van der Waals surface area contributed by atoms with Crippen molar-refractivity contribution in [3.05, 3.63) is 105 Å². The molecule has 0 amide bonds. The summed E-state index contributed by atoms with van der Waals surface area (Å²) in [5.41, 5.74) is 2.78. The summed E-state index contributed by atoms with van der Waals surface area (Å²) in [5, 5.41) is 10.4. The van der Waals surface area contributed by atoms with E-state index in [1.165, 1.54) is 6.20 Å². The molecule has 2 heterocycles. The molecule has 2 N–H and O–H groups in total. The first-order valence-corrected chi connectivity index (χ1v) is 17.4. The molecule has 1 fully saturated rings. The summed E-state index contributed by atoms with van der Waals surface area (Å²) in [7, 11) is -1.97. The van der Waals surface area contributed by atoms with E-state index in [1.54, 1.807) is 0 Å². The van der Waals surface area contributed by atoms with E-state index < -0.39 is 49.0 Å². The Morgan fingerprint density at radius 1 is 1.02 bits per heavy atom. The van der Waals surface area contributed by atoms with E-state index in [0.717, 1.165) is 39.9 Å². The number of hydrogen-bond acceptors (Lipinski definition) is 6. The number of hydrogen-bond donors (Lipinski definition) is 2. The van der Waals surface area contributed by atoms with Gasteiger partial charge in [0.25, 0.3) is 5.56 Å². The number of rotatable bonds is 13. The molecular weight excluding hydrogens is 564 g/mol. The fourth-order valence-electron chi connectivity index (χ4n) is 5.61. The SMILES string of the molecule is CC[Si](C#C[C@]1(COCc2ccccc2)OC[C@@H]([C@H](C(=O)O)n2ccc(=O)[nH]c2=O)[C@@H]1OCc1ccccc1)(CC)CC. The minimum atomic E-state index is -1.97. The molecule has 0 spiro atoms. The highest BCUT2D eigenvalue weighted by Gasteiger charge is 2.55. The van der Waals surface area contributed by atoms with Crippen LogP contribution in [0.4, 0.5) is 0 Å². The van der Waals surface area contributed by atoms with Crippen molar-refractivity contribution in [3.8, 4) is 11.5 Å². The second-order valence-corrected chi connectivity index (χ2v) is 15.9. The van der Waals surface area contributed by atoms with Crippen molar-refractivity contribution >= 4 is 14.0 Å². The Kier molecular flexibility index (Phi) is 10.9. The number of nitrogens with zero attached hydrogens (tertiary/aromatic N) is 1. The van der Waals surface area contributed by atoms with Gasteiger partial charge in [0.05, 0.1) is 26.4 Å². The minimum absolute atomic E-state index is 0.0374. The Balaban J connectivity index is 1.80. The van der Waals surface area contributed by atoms with Gasteiger partial charge in [-0.05, 0) is 29.3 Å². The van der Waals surface area contributed by atoms with Crippen LogP contribution >= 0.6 is 0 Å². The number of nitrogens with one attached hydrogen (secondary N) is 1. The molecule has 10 heteroatoms. The van der Waals surface area contributed by atoms with Crippen LogP contribution in [-0.2, 0) is 32.2 Å². The Bertz CT molecular complexity index is 1520. The lowest BCUT2D eigenvalue weighted by atomic mass is 9.86. The van der Waals surface area contributed by atoms with Crippen molar-refractivity contribution < 1.29 is 24.1 Å². The maximum atomic E-state index is 12.8. The number of ether oxygens (including phenoxy) is 3. The number of benzene rings is 2. The Labute approximate surface area is 252 Å². The molecule has 0 aliphatic carbocycles. The maximum absolute atomic E-state index is 12.8. The second-order valence-electron chi connectivity index (χ2n) is 11.0. The zero-order chi connectivity index (χ0) is 30.9. The molecule has 1 aliphatic heterocycles. The van der Waals surface area contributed by atoms with Gasteiger partial charge < -0.3 is 19.3 Å². The standard InChI is InChI=1S/C33H40N2O7Si/c1-4-43(5-2,6-3)20-18-33(24-40-21-25-13-9-7-10-14-25)30(41-22-26-15-11-8-12-16-26)27(23-42-33)29(31(37)38)35-19-17-28(36)34-32(35)39/h7-17,19,27,29-30H,4-6,21-24H2,1-3H3,(H,37,38)(H,34,36,39)/t27-,29+,30-,33+/m0/s1. The van der Waals surface area contributed by atoms with Crippen molar-refractivity contribution in [1.82, 2.24) is 9.55 Å². The first kappa shape index (κ1) is 32.2. The molecule has 1 aliphatic rings. The van der Waals surface area contributed by atoms with Gasteiger partial charge in [-0.25, -0.2) is 9.59 Å². The smallest absolute Gasteiger partial charge is 0.329 e. The third-order valence-electron chi connectivity index (χ3n) is 8.46. The summed E-state index contributed by atoms with van der Waals surface area (Å²) in [4.78, 5) is 39.6. The number of aromatic nitrogens is 2. The van der Waals surface area contributed by atoms with Crippen molar-refractivity contribution in [2.75, 3.05) is 13.2 Å². The van der Waals surface area contributed by atoms with Gasteiger partial charge >= 0.3 is 11.7 Å². The first-order valence-electron chi connectivity index (χ1n) is 14.8. The highest BCUT2D eigenvalue weighted by Crippen LogP contribution is 2.40. The summed E-state index contributed by atoms with van der Waals surface area (Å²) in [6, 6.07) is 22.0. The van der Waals surface area contributed by atoms with Crippen molar-refractivity contribution in [3.63, 3.8) is 0 Å². The van der Waals surface area contributed by atoms with E-state index in [0.29, 0.717) is 6.61 Å². The highest BCUT2D eigenvalue weighted by atomic mass is 28.3. The summed E-state index contributed by atoms with van der Waals surface area (Å²) >= 11 is 0. The molecule has 4 atom stereocenters. The van der Waals surface area contributed by atoms with Crippen LogP contribution in [-0.4, -0.2) is 53.6 Å². The van der Waals surface area contributed by atoms with E-state index >= 15 is 0 Å². The largest absolute Gasteiger partial charge is 0.480 e.